The molecular weight excluding hydrogens is 260 g/mol. The molecule has 0 amide bonds. The third kappa shape index (κ3) is 2.23. The molecular formula is C15H13ClN2O. The van der Waals surface area contributed by atoms with Crippen molar-refractivity contribution in [3.63, 3.8) is 0 Å². The number of rotatable bonds is 2. The van der Waals surface area contributed by atoms with Crippen LogP contribution in [0.2, 0.25) is 5.02 Å². The number of aryl methyl sites for hydroxylation is 1. The van der Waals surface area contributed by atoms with Crippen molar-refractivity contribution in [1.29, 1.82) is 0 Å². The second kappa shape index (κ2) is 4.68. The highest BCUT2D eigenvalue weighted by molar-refractivity contribution is 6.32. The van der Waals surface area contributed by atoms with Crippen LogP contribution in [-0.4, -0.2) is 15.1 Å². The van der Waals surface area contributed by atoms with Crippen LogP contribution in [0.25, 0.3) is 11.0 Å². The van der Waals surface area contributed by atoms with Gasteiger partial charge in [0.15, 0.2) is 0 Å². The Kier molecular flexibility index (Phi) is 3.01. The maximum atomic E-state index is 10.3. The molecule has 0 fully saturated rings. The number of fused-ring (bicyclic) bond motifs is 1. The lowest BCUT2D eigenvalue weighted by Crippen LogP contribution is -2.01. The molecule has 0 saturated heterocycles. The molecule has 0 saturated carbocycles. The number of halogens is 1. The number of benzene rings is 2. The Labute approximate surface area is 115 Å². The Morgan fingerprint density at radius 1 is 1.21 bits per heavy atom. The number of hydrogen-bond donors (Lipinski definition) is 2. The molecule has 1 unspecified atom stereocenters. The highest BCUT2D eigenvalue weighted by Gasteiger charge is 2.15. The van der Waals surface area contributed by atoms with Crippen molar-refractivity contribution in [1.82, 2.24) is 9.97 Å². The second-order valence-corrected chi connectivity index (χ2v) is 4.96. The fourth-order valence-corrected chi connectivity index (χ4v) is 2.24. The zero-order valence-corrected chi connectivity index (χ0v) is 11.1. The fourth-order valence-electron chi connectivity index (χ4n) is 2.08. The Hall–Kier alpha value is -1.84. The van der Waals surface area contributed by atoms with E-state index in [-0.39, 0.29) is 0 Å². The third-order valence-corrected chi connectivity index (χ3v) is 3.56. The molecule has 0 radical (unpaired) electrons. The molecule has 1 heterocycles. The van der Waals surface area contributed by atoms with Crippen molar-refractivity contribution in [3.8, 4) is 0 Å². The summed E-state index contributed by atoms with van der Waals surface area (Å²) in [5, 5.41) is 11.0. The quantitative estimate of drug-likeness (QED) is 0.749. The molecule has 3 aromatic rings. The minimum Gasteiger partial charge on any atom is -0.380 e. The summed E-state index contributed by atoms with van der Waals surface area (Å²) in [4.78, 5) is 7.54. The van der Waals surface area contributed by atoms with Crippen LogP contribution in [0.1, 0.15) is 23.1 Å². The number of imidazole rings is 1. The first-order valence-corrected chi connectivity index (χ1v) is 6.42. The van der Waals surface area contributed by atoms with Gasteiger partial charge in [0.25, 0.3) is 0 Å². The molecule has 4 heteroatoms. The monoisotopic (exact) mass is 272 g/mol. The van der Waals surface area contributed by atoms with Crippen molar-refractivity contribution in [2.24, 2.45) is 0 Å². The first-order valence-electron chi connectivity index (χ1n) is 6.04. The van der Waals surface area contributed by atoms with Gasteiger partial charge >= 0.3 is 0 Å². The molecule has 1 aromatic heterocycles. The molecule has 0 aliphatic rings. The van der Waals surface area contributed by atoms with E-state index < -0.39 is 6.10 Å². The smallest absolute Gasteiger partial charge is 0.140 e. The zero-order valence-electron chi connectivity index (χ0n) is 10.4. The summed E-state index contributed by atoms with van der Waals surface area (Å²) < 4.78 is 0. The van der Waals surface area contributed by atoms with Gasteiger partial charge in [-0.1, -0.05) is 41.9 Å². The lowest BCUT2D eigenvalue weighted by molar-refractivity contribution is 0.211. The summed E-state index contributed by atoms with van der Waals surface area (Å²) >= 11 is 6.08. The van der Waals surface area contributed by atoms with Crippen LogP contribution in [0.5, 0.6) is 0 Å². The molecule has 3 nitrogen and oxygen atoms in total. The van der Waals surface area contributed by atoms with E-state index in [0.29, 0.717) is 10.8 Å². The Balaban J connectivity index is 2.06. The van der Waals surface area contributed by atoms with Crippen LogP contribution in [0.3, 0.4) is 0 Å². The number of nitrogens with zero attached hydrogens (tertiary/aromatic N) is 1. The maximum absolute atomic E-state index is 10.3. The lowest BCUT2D eigenvalue weighted by Gasteiger charge is -2.06. The van der Waals surface area contributed by atoms with Gasteiger partial charge in [-0.25, -0.2) is 4.98 Å². The van der Waals surface area contributed by atoms with Crippen LogP contribution >= 0.6 is 11.6 Å². The average Bonchev–Trinajstić information content (AvgIpc) is 2.82. The van der Waals surface area contributed by atoms with Gasteiger partial charge in [-0.05, 0) is 30.2 Å². The highest BCUT2D eigenvalue weighted by atomic mass is 35.5. The van der Waals surface area contributed by atoms with Gasteiger partial charge in [0, 0.05) is 5.02 Å². The van der Waals surface area contributed by atoms with E-state index in [1.807, 2.05) is 49.4 Å². The molecule has 0 bridgehead atoms. The van der Waals surface area contributed by atoms with Gasteiger partial charge in [-0.3, -0.25) is 0 Å². The molecule has 2 N–H and O–H groups in total. The van der Waals surface area contributed by atoms with E-state index in [4.69, 9.17) is 11.6 Å². The lowest BCUT2D eigenvalue weighted by atomic mass is 10.1. The number of aliphatic hydroxyl groups excluding tert-OH is 1. The predicted octanol–water partition coefficient (Wildman–Crippen LogP) is 3.61. The van der Waals surface area contributed by atoms with Gasteiger partial charge in [-0.2, -0.15) is 0 Å². The number of aromatic amines is 1. The molecule has 2 aromatic carbocycles. The summed E-state index contributed by atoms with van der Waals surface area (Å²) in [7, 11) is 0. The summed E-state index contributed by atoms with van der Waals surface area (Å²) in [6.45, 7) is 1.94. The van der Waals surface area contributed by atoms with Gasteiger partial charge in [0.1, 0.15) is 11.9 Å². The van der Waals surface area contributed by atoms with Crippen LogP contribution in [0, 0.1) is 6.92 Å². The summed E-state index contributed by atoms with van der Waals surface area (Å²) in [6.07, 6.45) is -0.757. The van der Waals surface area contributed by atoms with E-state index >= 15 is 0 Å². The van der Waals surface area contributed by atoms with Crippen LogP contribution in [0.15, 0.2) is 42.5 Å². The first-order chi connectivity index (χ1) is 9.15. The minimum atomic E-state index is -0.757. The van der Waals surface area contributed by atoms with Gasteiger partial charge in [-0.15, -0.1) is 0 Å². The minimum absolute atomic E-state index is 0.530. The van der Waals surface area contributed by atoms with Crippen LogP contribution in [0.4, 0.5) is 0 Å². The predicted molar refractivity (Wildman–Crippen MR) is 76.3 cm³/mol. The largest absolute Gasteiger partial charge is 0.380 e. The van der Waals surface area contributed by atoms with Gasteiger partial charge in [0.2, 0.25) is 0 Å². The normalized spacial score (nSPS) is 12.8. The standard InChI is InChI=1S/C15H13ClN2O/c1-9-7-12-13(8-11(9)16)18-15(17-12)14(19)10-5-3-2-4-6-10/h2-8,14,19H,1H3,(H,17,18). The summed E-state index contributed by atoms with van der Waals surface area (Å²) in [6, 6.07) is 13.2. The molecule has 0 spiro atoms. The molecule has 0 aliphatic carbocycles. The summed E-state index contributed by atoms with van der Waals surface area (Å²) in [5.74, 6) is 0.530. The fraction of sp³-hybridized carbons (Fsp3) is 0.133. The zero-order chi connectivity index (χ0) is 13.4. The Morgan fingerprint density at radius 3 is 2.68 bits per heavy atom. The van der Waals surface area contributed by atoms with Gasteiger partial charge in [0.05, 0.1) is 11.0 Å². The molecule has 19 heavy (non-hydrogen) atoms. The topological polar surface area (TPSA) is 48.9 Å². The number of aromatic nitrogens is 2. The van der Waals surface area contributed by atoms with Crippen molar-refractivity contribution in [2.75, 3.05) is 0 Å². The summed E-state index contributed by atoms with van der Waals surface area (Å²) in [5.41, 5.74) is 3.44. The molecule has 96 valence electrons. The van der Waals surface area contributed by atoms with Gasteiger partial charge < -0.3 is 10.1 Å². The maximum Gasteiger partial charge on any atom is 0.140 e. The SMILES string of the molecule is Cc1cc2[nH]c(C(O)c3ccccc3)nc2cc1Cl. The van der Waals surface area contributed by atoms with E-state index in [2.05, 4.69) is 9.97 Å². The van der Waals surface area contributed by atoms with Crippen LogP contribution in [-0.2, 0) is 0 Å². The van der Waals surface area contributed by atoms with Crippen LogP contribution < -0.4 is 0 Å². The highest BCUT2D eigenvalue weighted by Crippen LogP contribution is 2.25. The Morgan fingerprint density at radius 2 is 1.95 bits per heavy atom. The number of nitrogens with one attached hydrogen (secondary N) is 1. The molecule has 3 rings (SSSR count). The van der Waals surface area contributed by atoms with Crippen molar-refractivity contribution < 1.29 is 5.11 Å². The van der Waals surface area contributed by atoms with Crippen molar-refractivity contribution in [2.45, 2.75) is 13.0 Å². The number of hydrogen-bond acceptors (Lipinski definition) is 2. The Bertz CT molecular complexity index is 683. The molecule has 0 aliphatic heterocycles. The third-order valence-electron chi connectivity index (χ3n) is 3.15. The first kappa shape index (κ1) is 12.2. The average molecular weight is 273 g/mol. The second-order valence-electron chi connectivity index (χ2n) is 4.55. The van der Waals surface area contributed by atoms with Crippen molar-refractivity contribution in [3.05, 3.63) is 64.4 Å². The van der Waals surface area contributed by atoms with E-state index in [1.54, 1.807) is 0 Å². The van der Waals surface area contributed by atoms with E-state index in [9.17, 15) is 5.11 Å². The number of H-pyrrole nitrogens is 1. The van der Waals surface area contributed by atoms with E-state index in [1.165, 1.54) is 0 Å². The van der Waals surface area contributed by atoms with E-state index in [0.717, 1.165) is 22.2 Å². The van der Waals surface area contributed by atoms with Crippen molar-refractivity contribution >= 4 is 22.6 Å². The number of aliphatic hydroxyl groups is 1. The molecule has 1 atom stereocenters.